The number of rotatable bonds is 6. The fourth-order valence-electron chi connectivity index (χ4n) is 2.21. The number of carbonyl (C=O) groups excluding carboxylic acids is 1. The number of nitrogen functional groups attached to an aromatic ring is 1. The first-order chi connectivity index (χ1) is 13.3. The predicted molar refractivity (Wildman–Crippen MR) is 108 cm³/mol. The van der Waals surface area contributed by atoms with Crippen LogP contribution in [0.25, 0.3) is 11.4 Å². The maximum Gasteiger partial charge on any atom is 0.271 e. The topological polar surface area (TPSA) is 129 Å². The quantitative estimate of drug-likeness (QED) is 0.260. The van der Waals surface area contributed by atoms with Crippen LogP contribution in [-0.2, 0) is 4.79 Å². The number of hydrogen-bond donors (Lipinski definition) is 2. The van der Waals surface area contributed by atoms with E-state index in [2.05, 4.69) is 15.5 Å². The van der Waals surface area contributed by atoms with E-state index in [1.54, 1.807) is 24.3 Å². The van der Waals surface area contributed by atoms with Gasteiger partial charge < -0.3 is 11.2 Å². The number of nitro groups is 1. The highest BCUT2D eigenvalue weighted by Gasteiger charge is 2.16. The molecule has 9 nitrogen and oxygen atoms in total. The van der Waals surface area contributed by atoms with E-state index < -0.39 is 10.8 Å². The normalized spacial score (nSPS) is 10.6. The molecular formula is C16H12Cl2N6O3S. The Morgan fingerprint density at radius 1 is 1.21 bits per heavy atom. The molecule has 0 radical (unpaired) electrons. The molecular weight excluding hydrogens is 427 g/mol. The Morgan fingerprint density at radius 3 is 2.61 bits per heavy atom. The van der Waals surface area contributed by atoms with Gasteiger partial charge in [-0.3, -0.25) is 14.9 Å². The van der Waals surface area contributed by atoms with Crippen LogP contribution >= 0.6 is 35.0 Å². The van der Waals surface area contributed by atoms with Crippen molar-refractivity contribution in [3.8, 4) is 11.4 Å². The minimum atomic E-state index is -0.573. The van der Waals surface area contributed by atoms with E-state index in [9.17, 15) is 14.9 Å². The van der Waals surface area contributed by atoms with Crippen LogP contribution in [0.5, 0.6) is 0 Å². The number of nitrogens with zero attached hydrogens (tertiary/aromatic N) is 4. The molecule has 0 saturated heterocycles. The molecule has 3 rings (SSSR count). The van der Waals surface area contributed by atoms with Crippen molar-refractivity contribution in [2.75, 3.05) is 16.9 Å². The highest BCUT2D eigenvalue weighted by atomic mass is 35.5. The zero-order chi connectivity index (χ0) is 20.3. The average molecular weight is 439 g/mol. The molecule has 0 unspecified atom stereocenters. The molecule has 144 valence electrons. The van der Waals surface area contributed by atoms with Crippen molar-refractivity contribution in [1.82, 2.24) is 14.9 Å². The van der Waals surface area contributed by atoms with Crippen molar-refractivity contribution in [2.45, 2.75) is 5.16 Å². The fourth-order valence-corrected chi connectivity index (χ4v) is 3.16. The number of nitrogens with two attached hydrogens (primary N) is 1. The lowest BCUT2D eigenvalue weighted by Gasteiger charge is -2.07. The van der Waals surface area contributed by atoms with Crippen molar-refractivity contribution in [3.05, 3.63) is 62.6 Å². The van der Waals surface area contributed by atoms with E-state index in [0.29, 0.717) is 16.0 Å². The summed E-state index contributed by atoms with van der Waals surface area (Å²) in [6.45, 7) is 0. The van der Waals surface area contributed by atoms with E-state index >= 15 is 0 Å². The van der Waals surface area contributed by atoms with Crippen LogP contribution in [0.1, 0.15) is 0 Å². The summed E-state index contributed by atoms with van der Waals surface area (Å²) in [6, 6.07) is 10.7. The molecule has 3 aromatic rings. The van der Waals surface area contributed by atoms with E-state index in [0.717, 1.165) is 17.3 Å². The largest absolute Gasteiger partial charge is 0.335 e. The number of carbonyl (C=O) groups is 1. The SMILES string of the molecule is Nn1c(SCC(=O)Nc2cc([N+](=O)[O-])ccc2Cl)nnc1-c1ccc(Cl)cc1. The van der Waals surface area contributed by atoms with Crippen LogP contribution < -0.4 is 11.2 Å². The Kier molecular flexibility index (Phi) is 6.02. The van der Waals surface area contributed by atoms with Crippen LogP contribution in [0.3, 0.4) is 0 Å². The summed E-state index contributed by atoms with van der Waals surface area (Å²) in [4.78, 5) is 22.4. The molecule has 0 saturated carbocycles. The summed E-state index contributed by atoms with van der Waals surface area (Å²) in [5, 5.41) is 22.5. The van der Waals surface area contributed by atoms with Gasteiger partial charge in [0.25, 0.3) is 5.69 Å². The third-order valence-electron chi connectivity index (χ3n) is 3.53. The monoisotopic (exact) mass is 438 g/mol. The predicted octanol–water partition coefficient (Wildman–Crippen LogP) is 3.60. The lowest BCUT2D eigenvalue weighted by atomic mass is 10.2. The van der Waals surface area contributed by atoms with Crippen LogP contribution in [-0.4, -0.2) is 31.5 Å². The molecule has 0 bridgehead atoms. The van der Waals surface area contributed by atoms with Gasteiger partial charge >= 0.3 is 0 Å². The molecule has 1 heterocycles. The number of non-ortho nitro benzene ring substituents is 1. The van der Waals surface area contributed by atoms with Gasteiger partial charge in [-0.2, -0.15) is 0 Å². The lowest BCUT2D eigenvalue weighted by molar-refractivity contribution is -0.384. The highest BCUT2D eigenvalue weighted by Crippen LogP contribution is 2.27. The van der Waals surface area contributed by atoms with Gasteiger partial charge in [0.05, 0.1) is 21.4 Å². The van der Waals surface area contributed by atoms with Crippen molar-refractivity contribution >= 4 is 52.2 Å². The van der Waals surface area contributed by atoms with Gasteiger partial charge in [0.2, 0.25) is 11.1 Å². The second-order valence-corrected chi connectivity index (χ2v) is 7.23. The Morgan fingerprint density at radius 2 is 1.93 bits per heavy atom. The number of nitro benzene ring substituents is 1. The second kappa shape index (κ2) is 8.46. The van der Waals surface area contributed by atoms with Crippen molar-refractivity contribution in [2.24, 2.45) is 0 Å². The number of anilines is 1. The number of aromatic nitrogens is 3. The van der Waals surface area contributed by atoms with Crippen molar-refractivity contribution in [1.29, 1.82) is 0 Å². The van der Waals surface area contributed by atoms with Crippen molar-refractivity contribution in [3.63, 3.8) is 0 Å². The number of nitrogens with one attached hydrogen (secondary N) is 1. The Balaban J connectivity index is 1.66. The van der Waals surface area contributed by atoms with E-state index in [1.165, 1.54) is 22.9 Å². The summed E-state index contributed by atoms with van der Waals surface area (Å²) in [5.74, 6) is 5.94. The van der Waals surface area contributed by atoms with Gasteiger partial charge in [-0.1, -0.05) is 35.0 Å². The standard InChI is InChI=1S/C16H12Cl2N6O3S/c17-10-3-1-9(2-4-10)15-21-22-16(23(15)19)28-8-14(25)20-13-7-11(24(26)27)5-6-12(13)18/h1-7H,8,19H2,(H,20,25). The van der Waals surface area contributed by atoms with Crippen LogP contribution in [0, 0.1) is 10.1 Å². The van der Waals surface area contributed by atoms with Gasteiger partial charge in [0.15, 0.2) is 5.82 Å². The van der Waals surface area contributed by atoms with Gasteiger partial charge in [-0.25, -0.2) is 4.68 Å². The van der Waals surface area contributed by atoms with Crippen LogP contribution in [0.4, 0.5) is 11.4 Å². The van der Waals surface area contributed by atoms with E-state index in [1.807, 2.05) is 0 Å². The molecule has 1 amide bonds. The molecule has 28 heavy (non-hydrogen) atoms. The molecule has 0 aliphatic rings. The lowest BCUT2D eigenvalue weighted by Crippen LogP contribution is -2.16. The highest BCUT2D eigenvalue weighted by molar-refractivity contribution is 7.99. The third-order valence-corrected chi connectivity index (χ3v) is 5.06. The number of benzene rings is 2. The molecule has 0 aliphatic carbocycles. The summed E-state index contributed by atoms with van der Waals surface area (Å²) in [6.07, 6.45) is 0. The fraction of sp³-hybridized carbons (Fsp3) is 0.0625. The number of thioether (sulfide) groups is 1. The summed E-state index contributed by atoms with van der Waals surface area (Å²) in [5.41, 5.74) is 0.693. The van der Waals surface area contributed by atoms with Gasteiger partial charge in [0, 0.05) is 22.7 Å². The maximum absolute atomic E-state index is 12.2. The maximum atomic E-state index is 12.2. The molecule has 0 fully saturated rings. The Bertz CT molecular complexity index is 1040. The van der Waals surface area contributed by atoms with Crippen LogP contribution in [0.2, 0.25) is 10.0 Å². The number of amides is 1. The molecule has 2 aromatic carbocycles. The summed E-state index contributed by atoms with van der Waals surface area (Å²) < 4.78 is 1.27. The molecule has 3 N–H and O–H groups in total. The van der Waals surface area contributed by atoms with Gasteiger partial charge in [-0.05, 0) is 30.3 Å². The Hall–Kier alpha value is -2.82. The Labute approximate surface area is 173 Å². The van der Waals surface area contributed by atoms with Crippen LogP contribution in [0.15, 0.2) is 47.6 Å². The molecule has 12 heteroatoms. The first-order valence-corrected chi connectivity index (χ1v) is 9.42. The summed E-state index contributed by atoms with van der Waals surface area (Å²) in [7, 11) is 0. The average Bonchev–Trinajstić information content (AvgIpc) is 3.03. The molecule has 0 aliphatic heterocycles. The number of hydrogen-bond acceptors (Lipinski definition) is 7. The summed E-state index contributed by atoms with van der Waals surface area (Å²) >= 11 is 12.9. The molecule has 0 spiro atoms. The van der Waals surface area contributed by atoms with Gasteiger partial charge in [0.1, 0.15) is 0 Å². The first-order valence-electron chi connectivity index (χ1n) is 7.68. The van der Waals surface area contributed by atoms with E-state index in [-0.39, 0.29) is 22.2 Å². The van der Waals surface area contributed by atoms with Crippen molar-refractivity contribution < 1.29 is 9.72 Å². The third kappa shape index (κ3) is 4.53. The minimum absolute atomic E-state index is 0.0467. The molecule has 0 atom stereocenters. The second-order valence-electron chi connectivity index (χ2n) is 5.44. The number of halogens is 2. The zero-order valence-electron chi connectivity index (χ0n) is 14.0. The smallest absolute Gasteiger partial charge is 0.271 e. The minimum Gasteiger partial charge on any atom is -0.335 e. The van der Waals surface area contributed by atoms with Gasteiger partial charge in [-0.15, -0.1) is 10.2 Å². The zero-order valence-corrected chi connectivity index (χ0v) is 16.3. The van der Waals surface area contributed by atoms with E-state index in [4.69, 9.17) is 29.0 Å². The first kappa shape index (κ1) is 19.9. The molecule has 1 aromatic heterocycles.